The minimum absolute atomic E-state index is 0.103. The maximum atomic E-state index is 11.8. The highest BCUT2D eigenvalue weighted by Gasteiger charge is 2.10. The number of hydrogen-bond donors (Lipinski definition) is 3. The second kappa shape index (κ2) is 8.45. The van der Waals surface area contributed by atoms with Crippen LogP contribution in [0.2, 0.25) is 10.0 Å². The van der Waals surface area contributed by atoms with Crippen molar-refractivity contribution < 1.29 is 9.90 Å². The lowest BCUT2D eigenvalue weighted by Gasteiger charge is -2.13. The molecule has 0 fully saturated rings. The van der Waals surface area contributed by atoms with Crippen LogP contribution in [-0.2, 0) is 0 Å². The number of rotatable bonds is 5. The molecule has 7 heteroatoms. The molecule has 0 aliphatic heterocycles. The number of carbonyl (C=O) groups is 1. The van der Waals surface area contributed by atoms with Crippen molar-refractivity contribution in [2.75, 3.05) is 18.1 Å². The lowest BCUT2D eigenvalue weighted by atomic mass is 10.1. The third kappa shape index (κ3) is 5.32. The zero-order valence-corrected chi connectivity index (χ0v) is 14.7. The van der Waals surface area contributed by atoms with Crippen molar-refractivity contribution >= 4 is 46.7 Å². The van der Waals surface area contributed by atoms with Crippen LogP contribution < -0.4 is 10.6 Å². The zero-order chi connectivity index (χ0) is 16.8. The van der Waals surface area contributed by atoms with E-state index in [9.17, 15) is 9.90 Å². The quantitative estimate of drug-likeness (QED) is 0.675. The Bertz CT molecular complexity index is 680. The first-order valence-electron chi connectivity index (χ1n) is 6.81. The molecule has 0 spiro atoms. The Morgan fingerprint density at radius 1 is 1.17 bits per heavy atom. The van der Waals surface area contributed by atoms with Gasteiger partial charge in [0.15, 0.2) is 0 Å². The summed E-state index contributed by atoms with van der Waals surface area (Å²) in [7, 11) is 0. The second-order valence-corrected chi connectivity index (χ2v) is 6.45. The van der Waals surface area contributed by atoms with E-state index in [4.69, 9.17) is 23.2 Å². The Labute approximate surface area is 149 Å². The van der Waals surface area contributed by atoms with E-state index >= 15 is 0 Å². The zero-order valence-electron chi connectivity index (χ0n) is 12.3. The van der Waals surface area contributed by atoms with Crippen molar-refractivity contribution in [2.24, 2.45) is 0 Å². The van der Waals surface area contributed by atoms with Crippen molar-refractivity contribution in [3.05, 3.63) is 58.1 Å². The molecule has 0 aliphatic carbocycles. The third-order valence-electron chi connectivity index (χ3n) is 3.13. The largest absolute Gasteiger partial charge is 0.387 e. The SMILES string of the molecule is CSc1ccc(C(O)CNC(=O)Nc2ccc(Cl)c(Cl)c2)cc1. The summed E-state index contributed by atoms with van der Waals surface area (Å²) in [5, 5.41) is 16.1. The van der Waals surface area contributed by atoms with E-state index in [-0.39, 0.29) is 6.54 Å². The minimum atomic E-state index is -0.773. The van der Waals surface area contributed by atoms with Gasteiger partial charge in [0.2, 0.25) is 0 Å². The fraction of sp³-hybridized carbons (Fsp3) is 0.188. The van der Waals surface area contributed by atoms with Gasteiger partial charge in [-0.15, -0.1) is 11.8 Å². The number of thioether (sulfide) groups is 1. The monoisotopic (exact) mass is 370 g/mol. The Kier molecular flexibility index (Phi) is 6.59. The number of aliphatic hydroxyl groups is 1. The van der Waals surface area contributed by atoms with E-state index in [2.05, 4.69) is 10.6 Å². The van der Waals surface area contributed by atoms with Gasteiger partial charge >= 0.3 is 6.03 Å². The molecule has 0 heterocycles. The van der Waals surface area contributed by atoms with Crippen LogP contribution in [0.5, 0.6) is 0 Å². The predicted octanol–water partition coefficient (Wildman–Crippen LogP) is 4.57. The van der Waals surface area contributed by atoms with Crippen LogP contribution in [0.25, 0.3) is 0 Å². The van der Waals surface area contributed by atoms with Crippen molar-refractivity contribution in [3.8, 4) is 0 Å². The molecule has 0 aromatic heterocycles. The van der Waals surface area contributed by atoms with Gasteiger partial charge in [-0.3, -0.25) is 0 Å². The van der Waals surface area contributed by atoms with Gasteiger partial charge < -0.3 is 15.7 Å². The highest BCUT2D eigenvalue weighted by Crippen LogP contribution is 2.25. The molecule has 1 atom stereocenters. The molecular formula is C16H16Cl2N2O2S. The molecule has 23 heavy (non-hydrogen) atoms. The first kappa shape index (κ1) is 17.9. The third-order valence-corrected chi connectivity index (χ3v) is 4.62. The predicted molar refractivity (Wildman–Crippen MR) is 96.7 cm³/mol. The minimum Gasteiger partial charge on any atom is -0.387 e. The summed E-state index contributed by atoms with van der Waals surface area (Å²) in [6.45, 7) is 0.103. The van der Waals surface area contributed by atoms with Crippen molar-refractivity contribution in [1.82, 2.24) is 5.32 Å². The first-order chi connectivity index (χ1) is 11.0. The molecule has 0 bridgehead atoms. The number of hydrogen-bond acceptors (Lipinski definition) is 3. The first-order valence-corrected chi connectivity index (χ1v) is 8.79. The standard InChI is InChI=1S/C16H16Cl2N2O2S/c1-23-12-5-2-10(3-6-12)15(21)9-19-16(22)20-11-4-7-13(17)14(18)8-11/h2-8,15,21H,9H2,1H3,(H2,19,20,22). The molecule has 2 aromatic carbocycles. The maximum absolute atomic E-state index is 11.8. The molecule has 2 rings (SSSR count). The molecule has 4 nitrogen and oxygen atoms in total. The van der Waals surface area contributed by atoms with Gasteiger partial charge in [-0.1, -0.05) is 35.3 Å². The van der Waals surface area contributed by atoms with Crippen LogP contribution in [0.3, 0.4) is 0 Å². The second-order valence-electron chi connectivity index (χ2n) is 4.75. The smallest absolute Gasteiger partial charge is 0.319 e. The van der Waals surface area contributed by atoms with Crippen LogP contribution in [-0.4, -0.2) is 23.9 Å². The Morgan fingerprint density at radius 3 is 2.48 bits per heavy atom. The number of aliphatic hydroxyl groups excluding tert-OH is 1. The summed E-state index contributed by atoms with van der Waals surface area (Å²) in [4.78, 5) is 12.9. The van der Waals surface area contributed by atoms with Crippen LogP contribution in [0.4, 0.5) is 10.5 Å². The summed E-state index contributed by atoms with van der Waals surface area (Å²) >= 11 is 13.3. The van der Waals surface area contributed by atoms with Gasteiger partial charge in [0.25, 0.3) is 0 Å². The number of urea groups is 1. The summed E-state index contributed by atoms with van der Waals surface area (Å²) in [5.41, 5.74) is 1.27. The molecule has 0 saturated heterocycles. The number of anilines is 1. The Hall–Kier alpha value is -1.40. The lowest BCUT2D eigenvalue weighted by Crippen LogP contribution is -2.32. The van der Waals surface area contributed by atoms with E-state index in [1.807, 2.05) is 30.5 Å². The summed E-state index contributed by atoms with van der Waals surface area (Å²) < 4.78 is 0. The van der Waals surface area contributed by atoms with E-state index in [1.54, 1.807) is 30.0 Å². The van der Waals surface area contributed by atoms with Gasteiger partial charge in [0.1, 0.15) is 0 Å². The molecule has 122 valence electrons. The van der Waals surface area contributed by atoms with Crippen LogP contribution >= 0.6 is 35.0 Å². The van der Waals surface area contributed by atoms with Gasteiger partial charge in [-0.25, -0.2) is 4.79 Å². The summed E-state index contributed by atoms with van der Waals surface area (Å²) in [6, 6.07) is 11.9. The fourth-order valence-electron chi connectivity index (χ4n) is 1.88. The van der Waals surface area contributed by atoms with Crippen LogP contribution in [0.15, 0.2) is 47.4 Å². The molecule has 0 radical (unpaired) electrons. The summed E-state index contributed by atoms with van der Waals surface area (Å²) in [5.74, 6) is 0. The molecule has 2 aromatic rings. The molecule has 2 amide bonds. The number of nitrogens with one attached hydrogen (secondary N) is 2. The van der Waals surface area contributed by atoms with Crippen molar-refractivity contribution in [1.29, 1.82) is 0 Å². The molecule has 0 saturated carbocycles. The molecule has 3 N–H and O–H groups in total. The summed E-state index contributed by atoms with van der Waals surface area (Å²) in [6.07, 6.45) is 1.21. The highest BCUT2D eigenvalue weighted by molar-refractivity contribution is 7.98. The van der Waals surface area contributed by atoms with E-state index < -0.39 is 12.1 Å². The fourth-order valence-corrected chi connectivity index (χ4v) is 2.59. The number of carbonyl (C=O) groups excluding carboxylic acids is 1. The van der Waals surface area contributed by atoms with Crippen molar-refractivity contribution in [3.63, 3.8) is 0 Å². The van der Waals surface area contributed by atoms with E-state index in [1.165, 1.54) is 0 Å². The van der Waals surface area contributed by atoms with E-state index in [0.717, 1.165) is 10.5 Å². The number of amides is 2. The Morgan fingerprint density at radius 2 is 1.87 bits per heavy atom. The molecule has 0 aliphatic rings. The van der Waals surface area contributed by atoms with Gasteiger partial charge in [0, 0.05) is 17.1 Å². The van der Waals surface area contributed by atoms with Gasteiger partial charge in [0.05, 0.1) is 16.1 Å². The molecular weight excluding hydrogens is 355 g/mol. The van der Waals surface area contributed by atoms with Crippen LogP contribution in [0.1, 0.15) is 11.7 Å². The number of benzene rings is 2. The topological polar surface area (TPSA) is 61.4 Å². The van der Waals surface area contributed by atoms with Crippen molar-refractivity contribution in [2.45, 2.75) is 11.0 Å². The normalized spacial score (nSPS) is 11.8. The Balaban J connectivity index is 1.86. The van der Waals surface area contributed by atoms with E-state index in [0.29, 0.717) is 15.7 Å². The average molecular weight is 371 g/mol. The average Bonchev–Trinajstić information content (AvgIpc) is 2.56. The number of halogens is 2. The van der Waals surface area contributed by atoms with Gasteiger partial charge in [-0.2, -0.15) is 0 Å². The lowest BCUT2D eigenvalue weighted by molar-refractivity contribution is 0.175. The van der Waals surface area contributed by atoms with Gasteiger partial charge in [-0.05, 0) is 42.2 Å². The van der Waals surface area contributed by atoms with Crippen LogP contribution in [0, 0.1) is 0 Å². The highest BCUT2D eigenvalue weighted by atomic mass is 35.5. The molecule has 1 unspecified atom stereocenters. The maximum Gasteiger partial charge on any atom is 0.319 e.